The Morgan fingerprint density at radius 3 is 2.79 bits per heavy atom. The Balaban J connectivity index is 1.79. The zero-order valence-corrected chi connectivity index (χ0v) is 14.5. The number of carbonyl (C=O) groups is 2. The first kappa shape index (κ1) is 16.4. The minimum atomic E-state index is -0.621. The lowest BCUT2D eigenvalue weighted by molar-refractivity contribution is -0.127. The summed E-state index contributed by atoms with van der Waals surface area (Å²) in [6.45, 7) is 5.07. The second kappa shape index (κ2) is 7.00. The lowest BCUT2D eigenvalue weighted by Crippen LogP contribution is -2.53. The minimum absolute atomic E-state index is 0.162. The van der Waals surface area contributed by atoms with Crippen LogP contribution in [0.5, 0.6) is 0 Å². The standard InChI is InChI=1S/C17H20N4O2S/c1-11(2)13-10-19-16(24-13)20-17(23)21-9-8-18-15(22)14(21)12-6-4-3-5-7-12/h3-7,10-11,14H,8-9H2,1-2H3,(H,18,22)(H,19,20,23). The van der Waals surface area contributed by atoms with E-state index in [1.54, 1.807) is 11.1 Å². The summed E-state index contributed by atoms with van der Waals surface area (Å²) >= 11 is 1.46. The number of nitrogens with one attached hydrogen (secondary N) is 2. The molecule has 0 aliphatic carbocycles. The van der Waals surface area contributed by atoms with Gasteiger partial charge in [-0.15, -0.1) is 11.3 Å². The Kier molecular flexibility index (Phi) is 4.80. The maximum absolute atomic E-state index is 12.7. The van der Waals surface area contributed by atoms with Crippen LogP contribution in [-0.4, -0.2) is 34.9 Å². The number of piperazine rings is 1. The summed E-state index contributed by atoms with van der Waals surface area (Å²) in [5.41, 5.74) is 0.798. The van der Waals surface area contributed by atoms with Crippen molar-refractivity contribution >= 4 is 28.4 Å². The average Bonchev–Trinajstić information content (AvgIpc) is 3.04. The van der Waals surface area contributed by atoms with Crippen LogP contribution in [0.2, 0.25) is 0 Å². The predicted molar refractivity (Wildman–Crippen MR) is 94.1 cm³/mol. The van der Waals surface area contributed by atoms with Gasteiger partial charge in [0.05, 0.1) is 0 Å². The van der Waals surface area contributed by atoms with Crippen molar-refractivity contribution in [1.29, 1.82) is 0 Å². The van der Waals surface area contributed by atoms with Gasteiger partial charge in [0.1, 0.15) is 6.04 Å². The van der Waals surface area contributed by atoms with E-state index in [0.717, 1.165) is 10.4 Å². The molecule has 1 atom stereocenters. The first-order valence-corrected chi connectivity index (χ1v) is 8.74. The van der Waals surface area contributed by atoms with Gasteiger partial charge >= 0.3 is 6.03 Å². The van der Waals surface area contributed by atoms with Crippen molar-refractivity contribution in [3.8, 4) is 0 Å². The number of thiazole rings is 1. The first-order chi connectivity index (χ1) is 11.6. The number of hydrogen-bond acceptors (Lipinski definition) is 4. The van der Waals surface area contributed by atoms with E-state index < -0.39 is 6.04 Å². The number of carbonyl (C=O) groups excluding carboxylic acids is 2. The molecule has 0 spiro atoms. The number of amides is 3. The molecule has 2 heterocycles. The quantitative estimate of drug-likeness (QED) is 0.899. The van der Waals surface area contributed by atoms with Crippen molar-refractivity contribution in [3.05, 3.63) is 47.0 Å². The lowest BCUT2D eigenvalue weighted by Gasteiger charge is -2.34. The average molecular weight is 344 g/mol. The number of aromatic nitrogens is 1. The number of rotatable bonds is 3. The number of urea groups is 1. The fourth-order valence-electron chi connectivity index (χ4n) is 2.63. The molecule has 6 nitrogen and oxygen atoms in total. The largest absolute Gasteiger partial charge is 0.352 e. The fourth-order valence-corrected chi connectivity index (χ4v) is 3.44. The summed E-state index contributed by atoms with van der Waals surface area (Å²) in [6, 6.07) is 8.41. The van der Waals surface area contributed by atoms with Crippen LogP contribution in [-0.2, 0) is 4.79 Å². The molecule has 1 saturated heterocycles. The van der Waals surface area contributed by atoms with Gasteiger partial charge in [-0.05, 0) is 11.5 Å². The van der Waals surface area contributed by atoms with Crippen LogP contribution >= 0.6 is 11.3 Å². The fraction of sp³-hybridized carbons (Fsp3) is 0.353. The number of benzene rings is 1. The van der Waals surface area contributed by atoms with E-state index in [2.05, 4.69) is 29.5 Å². The van der Waals surface area contributed by atoms with Gasteiger partial charge in [0.15, 0.2) is 5.13 Å². The Morgan fingerprint density at radius 1 is 1.38 bits per heavy atom. The van der Waals surface area contributed by atoms with Crippen LogP contribution in [0.1, 0.15) is 36.2 Å². The summed E-state index contributed by atoms with van der Waals surface area (Å²) in [5.74, 6) is 0.204. The highest BCUT2D eigenvalue weighted by Gasteiger charge is 2.34. The van der Waals surface area contributed by atoms with E-state index in [9.17, 15) is 9.59 Å². The van der Waals surface area contributed by atoms with E-state index >= 15 is 0 Å². The molecule has 0 bridgehead atoms. The molecule has 1 aliphatic rings. The van der Waals surface area contributed by atoms with Gasteiger partial charge in [0.25, 0.3) is 0 Å². The molecule has 0 radical (unpaired) electrons. The van der Waals surface area contributed by atoms with Crippen LogP contribution in [0.4, 0.5) is 9.93 Å². The highest BCUT2D eigenvalue weighted by molar-refractivity contribution is 7.15. The molecule has 1 fully saturated rings. The summed E-state index contributed by atoms with van der Waals surface area (Å²) in [7, 11) is 0. The first-order valence-electron chi connectivity index (χ1n) is 7.92. The van der Waals surface area contributed by atoms with Crippen molar-refractivity contribution < 1.29 is 9.59 Å². The topological polar surface area (TPSA) is 74.3 Å². The van der Waals surface area contributed by atoms with E-state index in [4.69, 9.17) is 0 Å². The van der Waals surface area contributed by atoms with Gasteiger partial charge in [0, 0.05) is 24.2 Å². The molecule has 3 amide bonds. The molecular formula is C17H20N4O2S. The van der Waals surface area contributed by atoms with Crippen LogP contribution in [0, 0.1) is 0 Å². The van der Waals surface area contributed by atoms with Crippen molar-refractivity contribution in [1.82, 2.24) is 15.2 Å². The number of anilines is 1. The second-order valence-electron chi connectivity index (χ2n) is 5.95. The Bertz CT molecular complexity index is 729. The Hall–Kier alpha value is -2.41. The molecule has 24 heavy (non-hydrogen) atoms. The molecule has 3 rings (SSSR count). The van der Waals surface area contributed by atoms with Crippen LogP contribution < -0.4 is 10.6 Å². The zero-order valence-electron chi connectivity index (χ0n) is 13.7. The van der Waals surface area contributed by atoms with E-state index in [1.165, 1.54) is 11.3 Å². The molecule has 1 aliphatic heterocycles. The van der Waals surface area contributed by atoms with Gasteiger partial charge in [-0.2, -0.15) is 0 Å². The maximum Gasteiger partial charge on any atom is 0.324 e. The van der Waals surface area contributed by atoms with Gasteiger partial charge < -0.3 is 10.2 Å². The van der Waals surface area contributed by atoms with E-state index in [-0.39, 0.29) is 11.9 Å². The molecular weight excluding hydrogens is 324 g/mol. The van der Waals surface area contributed by atoms with Gasteiger partial charge in [-0.1, -0.05) is 44.2 Å². The van der Waals surface area contributed by atoms with Gasteiger partial charge in [0.2, 0.25) is 5.91 Å². The molecule has 7 heteroatoms. The number of nitrogens with zero attached hydrogens (tertiary/aromatic N) is 2. The highest BCUT2D eigenvalue weighted by atomic mass is 32.1. The Morgan fingerprint density at radius 2 is 2.12 bits per heavy atom. The summed E-state index contributed by atoms with van der Waals surface area (Å²) in [5, 5.41) is 6.20. The van der Waals surface area contributed by atoms with E-state index in [0.29, 0.717) is 24.1 Å². The molecule has 126 valence electrons. The van der Waals surface area contributed by atoms with Crippen LogP contribution in [0.15, 0.2) is 36.5 Å². The van der Waals surface area contributed by atoms with Crippen molar-refractivity contribution in [3.63, 3.8) is 0 Å². The maximum atomic E-state index is 12.7. The second-order valence-corrected chi connectivity index (χ2v) is 7.01. The number of hydrogen-bond donors (Lipinski definition) is 2. The minimum Gasteiger partial charge on any atom is -0.352 e. The third kappa shape index (κ3) is 3.41. The predicted octanol–water partition coefficient (Wildman–Crippen LogP) is 2.97. The highest BCUT2D eigenvalue weighted by Crippen LogP contribution is 2.27. The van der Waals surface area contributed by atoms with Crippen molar-refractivity contribution in [2.24, 2.45) is 0 Å². The van der Waals surface area contributed by atoms with Crippen molar-refractivity contribution in [2.45, 2.75) is 25.8 Å². The normalized spacial score (nSPS) is 17.7. The van der Waals surface area contributed by atoms with Crippen LogP contribution in [0.3, 0.4) is 0 Å². The van der Waals surface area contributed by atoms with Crippen LogP contribution in [0.25, 0.3) is 0 Å². The molecule has 2 N–H and O–H groups in total. The molecule has 1 unspecified atom stereocenters. The smallest absolute Gasteiger partial charge is 0.324 e. The molecule has 1 aromatic carbocycles. The summed E-state index contributed by atoms with van der Waals surface area (Å²) in [6.07, 6.45) is 1.78. The van der Waals surface area contributed by atoms with Gasteiger partial charge in [-0.25, -0.2) is 9.78 Å². The molecule has 2 aromatic rings. The third-order valence-electron chi connectivity index (χ3n) is 3.89. The molecule has 1 aromatic heterocycles. The molecule has 0 saturated carbocycles. The summed E-state index contributed by atoms with van der Waals surface area (Å²) < 4.78 is 0. The summed E-state index contributed by atoms with van der Waals surface area (Å²) in [4.78, 5) is 31.9. The van der Waals surface area contributed by atoms with Crippen molar-refractivity contribution in [2.75, 3.05) is 18.4 Å². The SMILES string of the molecule is CC(C)c1cnc(NC(=O)N2CCNC(=O)C2c2ccccc2)s1. The zero-order chi connectivity index (χ0) is 17.1. The van der Waals surface area contributed by atoms with E-state index in [1.807, 2.05) is 30.3 Å². The van der Waals surface area contributed by atoms with Gasteiger partial charge in [-0.3, -0.25) is 10.1 Å². The third-order valence-corrected chi connectivity index (χ3v) is 5.11. The Labute approximate surface area is 144 Å². The lowest BCUT2D eigenvalue weighted by atomic mass is 10.0. The monoisotopic (exact) mass is 344 g/mol.